The molecule has 21 heavy (non-hydrogen) atoms. The second-order valence-electron chi connectivity index (χ2n) is 5.50. The van der Waals surface area contributed by atoms with Gasteiger partial charge in [-0.3, -0.25) is 14.4 Å². The third-order valence-corrected chi connectivity index (χ3v) is 3.92. The molecular formula is C14H24N2O5. The van der Waals surface area contributed by atoms with Crippen LogP contribution < -0.4 is 11.5 Å². The second-order valence-corrected chi connectivity index (χ2v) is 5.50. The highest BCUT2D eigenvalue weighted by atomic mass is 16.5. The summed E-state index contributed by atoms with van der Waals surface area (Å²) in [5.41, 5.74) is 10.4. The van der Waals surface area contributed by atoms with Gasteiger partial charge < -0.3 is 21.3 Å². The van der Waals surface area contributed by atoms with Crippen LogP contribution in [-0.2, 0) is 19.1 Å². The Labute approximate surface area is 124 Å². The van der Waals surface area contributed by atoms with Crippen LogP contribution in [0, 0.1) is 11.8 Å². The Bertz CT molecular complexity index is 373. The SMILES string of the molecule is CCCCCC(=O)O.NC(=O)C1C2CCC(O2)C1C(N)=O. The van der Waals surface area contributed by atoms with Crippen LogP contribution in [0.25, 0.3) is 0 Å². The number of carbonyl (C=O) groups is 3. The molecule has 0 saturated carbocycles. The van der Waals surface area contributed by atoms with Crippen LogP contribution in [-0.4, -0.2) is 35.1 Å². The van der Waals surface area contributed by atoms with Crippen molar-refractivity contribution in [1.82, 2.24) is 0 Å². The Kier molecular flexibility index (Phi) is 6.61. The van der Waals surface area contributed by atoms with Gasteiger partial charge in [0.15, 0.2) is 0 Å². The molecule has 5 N–H and O–H groups in total. The highest BCUT2D eigenvalue weighted by molar-refractivity contribution is 5.87. The number of carbonyl (C=O) groups excluding carboxylic acids is 2. The van der Waals surface area contributed by atoms with Gasteiger partial charge in [0.1, 0.15) is 0 Å². The van der Waals surface area contributed by atoms with E-state index in [9.17, 15) is 14.4 Å². The standard InChI is InChI=1S/C8H12N2O3.C6H12O2/c9-7(11)5-3-1-2-4(13-3)6(5)8(10)12;1-2-3-4-5-6(7)8/h3-6H,1-2H2,(H2,9,11)(H2,10,12);2-5H2,1H3,(H,7,8). The van der Waals surface area contributed by atoms with Crippen molar-refractivity contribution in [3.05, 3.63) is 0 Å². The van der Waals surface area contributed by atoms with E-state index >= 15 is 0 Å². The van der Waals surface area contributed by atoms with Crippen LogP contribution in [0.15, 0.2) is 0 Å². The Morgan fingerprint density at radius 1 is 1.05 bits per heavy atom. The van der Waals surface area contributed by atoms with E-state index < -0.39 is 29.6 Å². The molecule has 2 bridgehead atoms. The van der Waals surface area contributed by atoms with E-state index in [0.717, 1.165) is 32.1 Å². The lowest BCUT2D eigenvalue weighted by Crippen LogP contribution is -2.44. The molecule has 7 heteroatoms. The van der Waals surface area contributed by atoms with Crippen molar-refractivity contribution in [1.29, 1.82) is 0 Å². The van der Waals surface area contributed by atoms with E-state index in [0.29, 0.717) is 6.42 Å². The lowest BCUT2D eigenvalue weighted by molar-refractivity contribution is -0.137. The zero-order valence-corrected chi connectivity index (χ0v) is 12.3. The van der Waals surface area contributed by atoms with Crippen molar-refractivity contribution in [2.75, 3.05) is 0 Å². The zero-order valence-electron chi connectivity index (χ0n) is 12.3. The van der Waals surface area contributed by atoms with Crippen molar-refractivity contribution in [3.8, 4) is 0 Å². The summed E-state index contributed by atoms with van der Waals surface area (Å²) in [4.78, 5) is 32.0. The fraction of sp³-hybridized carbons (Fsp3) is 0.786. The van der Waals surface area contributed by atoms with Gasteiger partial charge in [-0.1, -0.05) is 19.8 Å². The number of fused-ring (bicyclic) bond motifs is 2. The minimum absolute atomic E-state index is 0.181. The zero-order chi connectivity index (χ0) is 16.0. The maximum absolute atomic E-state index is 11.0. The number of carboxylic acids is 1. The van der Waals surface area contributed by atoms with Gasteiger partial charge in [0.2, 0.25) is 11.8 Å². The summed E-state index contributed by atoms with van der Waals surface area (Å²) in [6, 6.07) is 0. The van der Waals surface area contributed by atoms with Crippen LogP contribution in [0.5, 0.6) is 0 Å². The van der Waals surface area contributed by atoms with Crippen molar-refractivity contribution >= 4 is 17.8 Å². The number of ether oxygens (including phenoxy) is 1. The minimum atomic E-state index is -0.682. The molecule has 2 aliphatic heterocycles. The maximum Gasteiger partial charge on any atom is 0.303 e. The van der Waals surface area contributed by atoms with Crippen LogP contribution in [0.4, 0.5) is 0 Å². The molecule has 120 valence electrons. The van der Waals surface area contributed by atoms with Crippen molar-refractivity contribution in [2.24, 2.45) is 23.3 Å². The number of hydrogen-bond acceptors (Lipinski definition) is 4. The number of rotatable bonds is 6. The fourth-order valence-electron chi connectivity index (χ4n) is 2.93. The summed E-state index contributed by atoms with van der Waals surface area (Å²) >= 11 is 0. The third-order valence-electron chi connectivity index (χ3n) is 3.92. The summed E-state index contributed by atoms with van der Waals surface area (Å²) in [5.74, 6) is -2.64. The first-order valence-corrected chi connectivity index (χ1v) is 7.34. The Morgan fingerprint density at radius 2 is 1.52 bits per heavy atom. The lowest BCUT2D eigenvalue weighted by Gasteiger charge is -2.22. The van der Waals surface area contributed by atoms with Gasteiger partial charge in [-0.25, -0.2) is 0 Å². The Morgan fingerprint density at radius 3 is 1.86 bits per heavy atom. The topological polar surface area (TPSA) is 133 Å². The molecule has 7 nitrogen and oxygen atoms in total. The molecule has 0 aromatic carbocycles. The first-order chi connectivity index (χ1) is 9.88. The Balaban J connectivity index is 0.000000240. The molecule has 0 radical (unpaired) electrons. The van der Waals surface area contributed by atoms with E-state index in [-0.39, 0.29) is 12.2 Å². The van der Waals surface area contributed by atoms with Crippen LogP contribution >= 0.6 is 0 Å². The minimum Gasteiger partial charge on any atom is -0.481 e. The van der Waals surface area contributed by atoms with Crippen LogP contribution in [0.3, 0.4) is 0 Å². The van der Waals surface area contributed by atoms with Gasteiger partial charge in [-0.2, -0.15) is 0 Å². The molecule has 2 amide bonds. The molecule has 0 aromatic heterocycles. The number of nitrogens with two attached hydrogens (primary N) is 2. The number of aliphatic carboxylic acids is 1. The highest BCUT2D eigenvalue weighted by Crippen LogP contribution is 2.42. The summed E-state index contributed by atoms with van der Waals surface area (Å²) in [5, 5.41) is 8.14. The molecule has 2 fully saturated rings. The van der Waals surface area contributed by atoms with E-state index in [4.69, 9.17) is 21.3 Å². The molecule has 0 spiro atoms. The van der Waals surface area contributed by atoms with Gasteiger partial charge in [0, 0.05) is 6.42 Å². The number of hydrogen-bond donors (Lipinski definition) is 3. The summed E-state index contributed by atoms with van der Waals surface area (Å²) in [7, 11) is 0. The van der Waals surface area contributed by atoms with E-state index in [2.05, 4.69) is 6.92 Å². The van der Waals surface area contributed by atoms with Crippen LogP contribution in [0.2, 0.25) is 0 Å². The smallest absolute Gasteiger partial charge is 0.303 e. The molecular weight excluding hydrogens is 276 g/mol. The summed E-state index contributed by atoms with van der Waals surface area (Å²) < 4.78 is 5.42. The largest absolute Gasteiger partial charge is 0.481 e. The predicted octanol–water partition coefficient (Wildman–Crippen LogP) is 0.402. The summed E-state index contributed by atoms with van der Waals surface area (Å²) in [6.45, 7) is 2.06. The lowest BCUT2D eigenvalue weighted by atomic mass is 9.78. The molecule has 2 heterocycles. The van der Waals surface area contributed by atoms with Crippen molar-refractivity contribution in [2.45, 2.75) is 57.7 Å². The normalized spacial score (nSPS) is 29.6. The number of carboxylic acid groups (broad SMARTS) is 1. The molecule has 4 atom stereocenters. The second kappa shape index (κ2) is 7.97. The molecule has 2 saturated heterocycles. The fourth-order valence-corrected chi connectivity index (χ4v) is 2.93. The third kappa shape index (κ3) is 4.70. The van der Waals surface area contributed by atoms with Gasteiger partial charge in [0.05, 0.1) is 24.0 Å². The number of primary amides is 2. The number of amides is 2. The quantitative estimate of drug-likeness (QED) is 0.611. The molecule has 2 aliphatic rings. The summed E-state index contributed by atoms with van der Waals surface area (Å²) in [6.07, 6.45) is 4.53. The molecule has 0 aliphatic carbocycles. The van der Waals surface area contributed by atoms with Crippen molar-refractivity contribution in [3.63, 3.8) is 0 Å². The average Bonchev–Trinajstić information content (AvgIpc) is 2.99. The maximum atomic E-state index is 11.0. The average molecular weight is 300 g/mol. The highest BCUT2D eigenvalue weighted by Gasteiger charge is 2.54. The van der Waals surface area contributed by atoms with Gasteiger partial charge >= 0.3 is 5.97 Å². The monoisotopic (exact) mass is 300 g/mol. The van der Waals surface area contributed by atoms with E-state index in [1.54, 1.807) is 0 Å². The molecule has 4 unspecified atom stereocenters. The van der Waals surface area contributed by atoms with Crippen molar-refractivity contribution < 1.29 is 24.2 Å². The van der Waals surface area contributed by atoms with Gasteiger partial charge in [-0.15, -0.1) is 0 Å². The first-order valence-electron chi connectivity index (χ1n) is 7.34. The van der Waals surface area contributed by atoms with E-state index in [1.807, 2.05) is 0 Å². The number of unbranched alkanes of at least 4 members (excludes halogenated alkanes) is 2. The van der Waals surface area contributed by atoms with E-state index in [1.165, 1.54) is 0 Å². The van der Waals surface area contributed by atoms with Gasteiger partial charge in [0.25, 0.3) is 0 Å². The van der Waals surface area contributed by atoms with Gasteiger partial charge in [-0.05, 0) is 19.3 Å². The Hall–Kier alpha value is -1.63. The molecule has 2 rings (SSSR count). The van der Waals surface area contributed by atoms with Crippen LogP contribution in [0.1, 0.15) is 45.4 Å². The first kappa shape index (κ1) is 17.4. The predicted molar refractivity (Wildman–Crippen MR) is 75.0 cm³/mol. The molecule has 0 aromatic rings.